The van der Waals surface area contributed by atoms with Crippen LogP contribution in [0.1, 0.15) is 31.8 Å². The van der Waals surface area contributed by atoms with Gasteiger partial charge in [0.25, 0.3) is 0 Å². The van der Waals surface area contributed by atoms with Crippen molar-refractivity contribution in [3.8, 4) is 0 Å². The summed E-state index contributed by atoms with van der Waals surface area (Å²) in [5.41, 5.74) is 4.20. The zero-order valence-electron chi connectivity index (χ0n) is 16.9. The Labute approximate surface area is 179 Å². The van der Waals surface area contributed by atoms with Gasteiger partial charge in [-0.1, -0.05) is 36.4 Å². The number of fused-ring (bicyclic) bond motifs is 1. The lowest BCUT2D eigenvalue weighted by molar-refractivity contribution is 0.0599. The Hall–Kier alpha value is -4.19. The van der Waals surface area contributed by atoms with Crippen LogP contribution in [0.5, 0.6) is 0 Å². The molecule has 0 fully saturated rings. The quantitative estimate of drug-likeness (QED) is 0.360. The molecule has 0 spiro atoms. The van der Waals surface area contributed by atoms with Crippen molar-refractivity contribution in [2.24, 2.45) is 4.99 Å². The van der Waals surface area contributed by atoms with Crippen LogP contribution in [0.25, 0.3) is 10.9 Å². The lowest BCUT2D eigenvalue weighted by Gasteiger charge is -2.07. The number of methoxy groups -OCH3 is 1. The minimum Gasteiger partial charge on any atom is -0.478 e. The van der Waals surface area contributed by atoms with E-state index in [0.717, 1.165) is 22.0 Å². The Morgan fingerprint density at radius 3 is 2.58 bits per heavy atom. The minimum absolute atomic E-state index is 0.197. The third kappa shape index (κ3) is 4.38. The molecular weight excluding hydrogens is 392 g/mol. The fraction of sp³-hybridized carbons (Fsp3) is 0.0800. The highest BCUT2D eigenvalue weighted by Crippen LogP contribution is 2.23. The molecule has 0 amide bonds. The second-order valence-corrected chi connectivity index (χ2v) is 7.04. The molecule has 0 atom stereocenters. The van der Waals surface area contributed by atoms with E-state index in [1.54, 1.807) is 24.4 Å². The summed E-state index contributed by atoms with van der Waals surface area (Å²) in [6, 6.07) is 21.9. The number of esters is 1. The van der Waals surface area contributed by atoms with Crippen LogP contribution >= 0.6 is 0 Å². The van der Waals surface area contributed by atoms with Gasteiger partial charge in [0.05, 0.1) is 23.9 Å². The molecule has 4 rings (SSSR count). The van der Waals surface area contributed by atoms with E-state index < -0.39 is 5.97 Å². The van der Waals surface area contributed by atoms with Crippen molar-refractivity contribution in [2.45, 2.75) is 6.54 Å². The predicted octanol–water partition coefficient (Wildman–Crippen LogP) is 4.93. The third-order valence-corrected chi connectivity index (χ3v) is 4.97. The van der Waals surface area contributed by atoms with Crippen LogP contribution in [0, 0.1) is 0 Å². The van der Waals surface area contributed by atoms with E-state index in [-0.39, 0.29) is 11.5 Å². The first-order chi connectivity index (χ1) is 15.0. The largest absolute Gasteiger partial charge is 0.478 e. The van der Waals surface area contributed by atoms with Gasteiger partial charge in [0, 0.05) is 35.4 Å². The van der Waals surface area contributed by atoms with Crippen LogP contribution in [0.4, 0.5) is 5.69 Å². The zero-order valence-corrected chi connectivity index (χ0v) is 16.9. The number of nitrogens with zero attached hydrogens (tertiary/aromatic N) is 2. The molecule has 0 radical (unpaired) electrons. The number of hydrogen-bond acceptors (Lipinski definition) is 4. The fourth-order valence-electron chi connectivity index (χ4n) is 3.48. The Balaban J connectivity index is 1.67. The number of rotatable bonds is 6. The van der Waals surface area contributed by atoms with Gasteiger partial charge in [-0.15, -0.1) is 0 Å². The number of benzene rings is 3. The van der Waals surface area contributed by atoms with Crippen molar-refractivity contribution < 1.29 is 19.4 Å². The number of hydrogen-bond donors (Lipinski definition) is 1. The molecule has 31 heavy (non-hydrogen) atoms. The van der Waals surface area contributed by atoms with Gasteiger partial charge in [0.2, 0.25) is 0 Å². The monoisotopic (exact) mass is 412 g/mol. The van der Waals surface area contributed by atoms with Crippen molar-refractivity contribution >= 4 is 34.7 Å². The van der Waals surface area contributed by atoms with E-state index in [1.807, 2.05) is 48.7 Å². The number of carboxylic acid groups (broad SMARTS) is 1. The summed E-state index contributed by atoms with van der Waals surface area (Å²) in [6.07, 6.45) is 3.74. The van der Waals surface area contributed by atoms with Gasteiger partial charge in [0.1, 0.15) is 0 Å². The average molecular weight is 412 g/mol. The average Bonchev–Trinajstić information content (AvgIpc) is 3.15. The highest BCUT2D eigenvalue weighted by molar-refractivity contribution is 6.00. The van der Waals surface area contributed by atoms with Crippen molar-refractivity contribution in [1.29, 1.82) is 0 Å². The first-order valence-corrected chi connectivity index (χ1v) is 9.68. The van der Waals surface area contributed by atoms with Gasteiger partial charge >= 0.3 is 11.9 Å². The molecule has 1 aromatic heterocycles. The molecule has 0 saturated heterocycles. The topological polar surface area (TPSA) is 80.9 Å². The number of aliphatic imine (C=N–C) groups is 1. The summed E-state index contributed by atoms with van der Waals surface area (Å²) in [5, 5.41) is 10.2. The van der Waals surface area contributed by atoms with E-state index in [9.17, 15) is 9.59 Å². The number of para-hydroxylation sites is 1. The van der Waals surface area contributed by atoms with Crippen LogP contribution in [0.2, 0.25) is 0 Å². The molecule has 3 aromatic carbocycles. The van der Waals surface area contributed by atoms with Crippen LogP contribution in [0.15, 0.2) is 84.0 Å². The van der Waals surface area contributed by atoms with Gasteiger partial charge < -0.3 is 14.4 Å². The van der Waals surface area contributed by atoms with Crippen LogP contribution in [-0.2, 0) is 11.3 Å². The molecule has 1 heterocycles. The Morgan fingerprint density at radius 2 is 1.77 bits per heavy atom. The predicted molar refractivity (Wildman–Crippen MR) is 119 cm³/mol. The SMILES string of the molecule is COC(=O)c1cccc(Cn2cc(C=Nc3cccc(C(=O)O)c3)c3ccccc32)c1. The summed E-state index contributed by atoms with van der Waals surface area (Å²) in [7, 11) is 1.37. The highest BCUT2D eigenvalue weighted by Gasteiger charge is 2.10. The molecule has 6 heteroatoms. The minimum atomic E-state index is -0.983. The standard InChI is InChI=1S/C25H20N2O4/c1-31-25(30)19-8-4-6-17(12-19)15-27-16-20(22-10-2-3-11-23(22)27)14-26-21-9-5-7-18(13-21)24(28)29/h2-14,16H,15H2,1H3,(H,28,29). The summed E-state index contributed by atoms with van der Waals surface area (Å²) in [4.78, 5) is 27.5. The van der Waals surface area contributed by atoms with Gasteiger partial charge in [-0.3, -0.25) is 4.99 Å². The summed E-state index contributed by atoms with van der Waals surface area (Å²) >= 11 is 0. The van der Waals surface area contributed by atoms with E-state index >= 15 is 0 Å². The van der Waals surface area contributed by atoms with Crippen molar-refractivity contribution in [1.82, 2.24) is 4.57 Å². The number of ether oxygens (including phenoxy) is 1. The number of aromatic nitrogens is 1. The summed E-state index contributed by atoms with van der Waals surface area (Å²) in [6.45, 7) is 0.577. The van der Waals surface area contributed by atoms with Crippen LogP contribution in [-0.4, -0.2) is 34.9 Å². The molecule has 1 N–H and O–H groups in total. The van der Waals surface area contributed by atoms with E-state index in [1.165, 1.54) is 19.2 Å². The van der Waals surface area contributed by atoms with Crippen molar-refractivity contribution in [3.05, 3.63) is 101 Å². The molecule has 0 aliphatic heterocycles. The maximum absolute atomic E-state index is 11.8. The van der Waals surface area contributed by atoms with Crippen LogP contribution in [0.3, 0.4) is 0 Å². The molecule has 0 unspecified atom stereocenters. The molecule has 0 aliphatic rings. The van der Waals surface area contributed by atoms with Crippen molar-refractivity contribution in [3.63, 3.8) is 0 Å². The second-order valence-electron chi connectivity index (χ2n) is 7.04. The second kappa shape index (κ2) is 8.67. The van der Waals surface area contributed by atoms with Gasteiger partial charge in [-0.05, 0) is 42.0 Å². The third-order valence-electron chi connectivity index (χ3n) is 4.97. The Kier molecular flexibility index (Phi) is 5.62. The smallest absolute Gasteiger partial charge is 0.337 e. The number of aromatic carboxylic acids is 1. The maximum Gasteiger partial charge on any atom is 0.337 e. The van der Waals surface area contributed by atoms with Gasteiger partial charge in [-0.25, -0.2) is 9.59 Å². The summed E-state index contributed by atoms with van der Waals surface area (Å²) < 4.78 is 6.91. The molecular formula is C25H20N2O4. The van der Waals surface area contributed by atoms with Crippen LogP contribution < -0.4 is 0 Å². The molecule has 6 nitrogen and oxygen atoms in total. The Bertz CT molecular complexity index is 1300. The molecule has 4 aromatic rings. The van der Waals surface area contributed by atoms with Gasteiger partial charge in [-0.2, -0.15) is 0 Å². The molecule has 0 saturated carbocycles. The first kappa shape index (κ1) is 20.1. The summed E-state index contributed by atoms with van der Waals surface area (Å²) in [5.74, 6) is -1.35. The number of carbonyl (C=O) groups excluding carboxylic acids is 1. The normalized spacial score (nSPS) is 11.1. The molecule has 0 aliphatic carbocycles. The van der Waals surface area contributed by atoms with E-state index in [4.69, 9.17) is 9.84 Å². The van der Waals surface area contributed by atoms with E-state index in [2.05, 4.69) is 9.56 Å². The van der Waals surface area contributed by atoms with Gasteiger partial charge in [0.15, 0.2) is 0 Å². The number of carboxylic acids is 1. The first-order valence-electron chi connectivity index (χ1n) is 9.68. The lowest BCUT2D eigenvalue weighted by atomic mass is 10.1. The maximum atomic E-state index is 11.8. The van der Waals surface area contributed by atoms with Crippen molar-refractivity contribution in [2.75, 3.05) is 7.11 Å². The highest BCUT2D eigenvalue weighted by atomic mass is 16.5. The molecule has 0 bridgehead atoms. The van der Waals surface area contributed by atoms with E-state index in [0.29, 0.717) is 17.8 Å². The fourth-order valence-corrected chi connectivity index (χ4v) is 3.48. The molecule has 154 valence electrons. The Morgan fingerprint density at radius 1 is 1.00 bits per heavy atom. The number of carbonyl (C=O) groups is 2. The lowest BCUT2D eigenvalue weighted by Crippen LogP contribution is -2.03. The zero-order chi connectivity index (χ0) is 21.8.